The Morgan fingerprint density at radius 2 is 1.43 bits per heavy atom. The van der Waals surface area contributed by atoms with Crippen molar-refractivity contribution in [2.75, 3.05) is 6.54 Å². The molecule has 86 valence electrons. The van der Waals surface area contributed by atoms with E-state index in [-0.39, 0.29) is 13.0 Å². The molecule has 0 radical (unpaired) electrons. The predicted molar refractivity (Wildman–Crippen MR) is 50.8 cm³/mol. The van der Waals surface area contributed by atoms with E-state index >= 15 is 0 Å². The van der Waals surface area contributed by atoms with Crippen LogP contribution >= 0.6 is 15.2 Å². The minimum Gasteiger partial charge on any atom is -0.323 e. The average molecular weight is 247 g/mol. The lowest BCUT2D eigenvalue weighted by molar-refractivity contribution is 0.285. The second kappa shape index (κ2) is 4.41. The molecule has 5 N–H and O–H groups in total. The first-order valence-corrected chi connectivity index (χ1v) is 7.21. The lowest BCUT2D eigenvalue weighted by Gasteiger charge is -2.34. The van der Waals surface area contributed by atoms with Crippen LogP contribution in [0.5, 0.6) is 0 Å². The number of rotatable bonds is 5. The molecule has 0 saturated carbocycles. The van der Waals surface area contributed by atoms with Crippen LogP contribution in [0.4, 0.5) is 0 Å². The molecule has 0 unspecified atom stereocenters. The van der Waals surface area contributed by atoms with Gasteiger partial charge in [0.15, 0.2) is 0 Å². The van der Waals surface area contributed by atoms with E-state index < -0.39 is 20.2 Å². The summed E-state index contributed by atoms with van der Waals surface area (Å²) in [6, 6.07) is 0. The average Bonchev–Trinajstić information content (AvgIpc) is 1.94. The highest BCUT2D eigenvalue weighted by molar-refractivity contribution is 7.72. The maximum Gasteiger partial charge on any atom is 0.357 e. The summed E-state index contributed by atoms with van der Waals surface area (Å²) in [5.74, 6) is 0. The Morgan fingerprint density at radius 3 is 1.50 bits per heavy atom. The molecule has 0 amide bonds. The van der Waals surface area contributed by atoms with Crippen molar-refractivity contribution in [1.82, 2.24) is 5.32 Å². The zero-order chi connectivity index (χ0) is 11.6. The molecule has 0 aliphatic carbocycles. The third-order valence-electron chi connectivity index (χ3n) is 1.92. The van der Waals surface area contributed by atoms with Gasteiger partial charge in [-0.3, -0.25) is 14.4 Å². The van der Waals surface area contributed by atoms with Gasteiger partial charge in [0.2, 0.25) is 5.02 Å². The van der Waals surface area contributed by atoms with Crippen LogP contribution in [0.1, 0.15) is 20.3 Å². The first kappa shape index (κ1) is 14.3. The van der Waals surface area contributed by atoms with E-state index in [4.69, 9.17) is 19.6 Å². The highest BCUT2D eigenvalue weighted by Crippen LogP contribution is 2.68. The first-order valence-electron chi connectivity index (χ1n) is 3.98. The van der Waals surface area contributed by atoms with E-state index in [1.54, 1.807) is 0 Å². The first-order chi connectivity index (χ1) is 6.12. The molecular formula is C5H15NO6P2. The second-order valence-corrected chi connectivity index (χ2v) is 6.84. The van der Waals surface area contributed by atoms with Crippen molar-refractivity contribution in [2.45, 2.75) is 25.3 Å². The molecule has 0 aromatic heterocycles. The molecule has 0 aliphatic rings. The van der Waals surface area contributed by atoms with E-state index in [9.17, 15) is 9.13 Å². The molecule has 0 aliphatic heterocycles. The van der Waals surface area contributed by atoms with Gasteiger partial charge >= 0.3 is 15.2 Å². The van der Waals surface area contributed by atoms with Crippen molar-refractivity contribution >= 4 is 15.2 Å². The van der Waals surface area contributed by atoms with Gasteiger partial charge in [0.05, 0.1) is 0 Å². The molecule has 0 atom stereocenters. The fourth-order valence-electron chi connectivity index (χ4n) is 1.20. The molecule has 0 aromatic carbocycles. The van der Waals surface area contributed by atoms with Gasteiger partial charge in [0.25, 0.3) is 0 Å². The van der Waals surface area contributed by atoms with E-state index in [0.717, 1.165) is 0 Å². The Hall–Kier alpha value is 0.260. The van der Waals surface area contributed by atoms with Crippen LogP contribution in [0.3, 0.4) is 0 Å². The molecule has 0 bridgehead atoms. The minimum absolute atomic E-state index is 0.0596. The van der Waals surface area contributed by atoms with E-state index in [1.165, 1.54) is 13.8 Å². The number of hydrogen-bond donors (Lipinski definition) is 5. The van der Waals surface area contributed by atoms with Crippen LogP contribution < -0.4 is 5.32 Å². The Labute approximate surface area is 81.9 Å². The van der Waals surface area contributed by atoms with Gasteiger partial charge < -0.3 is 19.6 Å². The van der Waals surface area contributed by atoms with Gasteiger partial charge in [-0.2, -0.15) is 0 Å². The number of nitrogens with one attached hydrogen (secondary N) is 1. The molecule has 0 fully saturated rings. The van der Waals surface area contributed by atoms with Crippen LogP contribution in [0.25, 0.3) is 0 Å². The smallest absolute Gasteiger partial charge is 0.323 e. The molecule has 0 spiro atoms. The van der Waals surface area contributed by atoms with Gasteiger partial charge in [-0.1, -0.05) is 13.8 Å². The molecule has 0 rings (SSSR count). The Morgan fingerprint density at radius 1 is 1.07 bits per heavy atom. The quantitative estimate of drug-likeness (QED) is 0.433. The van der Waals surface area contributed by atoms with Crippen LogP contribution in [0, 0.1) is 0 Å². The SMILES string of the molecule is CCNC(CC)(P(=O)(O)O)P(=O)(O)O. The Bertz CT molecular complexity index is 258. The summed E-state index contributed by atoms with van der Waals surface area (Å²) in [5.41, 5.74) is 0. The van der Waals surface area contributed by atoms with Crippen LogP contribution in [0.15, 0.2) is 0 Å². The van der Waals surface area contributed by atoms with Crippen molar-refractivity contribution in [3.63, 3.8) is 0 Å². The number of hydrogen-bond acceptors (Lipinski definition) is 3. The molecule has 7 nitrogen and oxygen atoms in total. The molecule has 0 heterocycles. The van der Waals surface area contributed by atoms with Crippen molar-refractivity contribution in [2.24, 2.45) is 0 Å². The monoisotopic (exact) mass is 247 g/mol. The lowest BCUT2D eigenvalue weighted by Crippen LogP contribution is -2.43. The van der Waals surface area contributed by atoms with Crippen LogP contribution in [-0.4, -0.2) is 31.1 Å². The van der Waals surface area contributed by atoms with Gasteiger partial charge in [-0.05, 0) is 13.0 Å². The summed E-state index contributed by atoms with van der Waals surface area (Å²) in [6.07, 6.45) is -0.352. The summed E-state index contributed by atoms with van der Waals surface area (Å²) in [4.78, 5) is 35.8. The third kappa shape index (κ3) is 2.44. The predicted octanol–water partition coefficient (Wildman–Crippen LogP) is 0.0151. The summed E-state index contributed by atoms with van der Waals surface area (Å²) in [5, 5.41) is -0.250. The highest BCUT2D eigenvalue weighted by atomic mass is 31.2. The van der Waals surface area contributed by atoms with E-state index in [0.29, 0.717) is 0 Å². The fraction of sp³-hybridized carbons (Fsp3) is 1.00. The fourth-order valence-corrected chi connectivity index (χ4v) is 4.11. The van der Waals surface area contributed by atoms with Gasteiger partial charge in [0, 0.05) is 0 Å². The van der Waals surface area contributed by atoms with Crippen molar-refractivity contribution < 1.29 is 28.7 Å². The van der Waals surface area contributed by atoms with Gasteiger partial charge in [-0.25, -0.2) is 0 Å². The Balaban J connectivity index is 5.45. The zero-order valence-electron chi connectivity index (χ0n) is 7.91. The largest absolute Gasteiger partial charge is 0.357 e. The summed E-state index contributed by atoms with van der Waals surface area (Å²) < 4.78 is 22.1. The molecular weight excluding hydrogens is 232 g/mol. The standard InChI is InChI=1S/C5H15NO6P2/c1-3-5(6-4-2,13(7,8)9)14(10,11)12/h6H,3-4H2,1-2H3,(H2,7,8,9)(H2,10,11,12). The van der Waals surface area contributed by atoms with Crippen LogP contribution in [-0.2, 0) is 9.13 Å². The maximum absolute atomic E-state index is 11.1. The normalized spacial score (nSPS) is 14.4. The van der Waals surface area contributed by atoms with E-state index in [1.807, 2.05) is 0 Å². The van der Waals surface area contributed by atoms with E-state index in [2.05, 4.69) is 5.32 Å². The minimum atomic E-state index is -4.92. The molecule has 9 heteroatoms. The third-order valence-corrected chi connectivity index (χ3v) is 6.36. The molecule has 0 saturated heterocycles. The highest BCUT2D eigenvalue weighted by Gasteiger charge is 2.58. The summed E-state index contributed by atoms with van der Waals surface area (Å²) in [7, 11) is -9.84. The lowest BCUT2D eigenvalue weighted by atomic mass is 10.4. The second-order valence-electron chi connectivity index (χ2n) is 2.79. The van der Waals surface area contributed by atoms with Crippen molar-refractivity contribution in [3.8, 4) is 0 Å². The molecule has 14 heavy (non-hydrogen) atoms. The molecule has 0 aromatic rings. The van der Waals surface area contributed by atoms with Crippen molar-refractivity contribution in [1.29, 1.82) is 0 Å². The van der Waals surface area contributed by atoms with Gasteiger partial charge in [-0.15, -0.1) is 0 Å². The zero-order valence-corrected chi connectivity index (χ0v) is 9.70. The summed E-state index contributed by atoms with van der Waals surface area (Å²) >= 11 is 0. The topological polar surface area (TPSA) is 127 Å². The van der Waals surface area contributed by atoms with Gasteiger partial charge in [0.1, 0.15) is 0 Å². The van der Waals surface area contributed by atoms with Crippen LogP contribution in [0.2, 0.25) is 0 Å². The Kier molecular flexibility index (Phi) is 4.49. The van der Waals surface area contributed by atoms with Crippen molar-refractivity contribution in [3.05, 3.63) is 0 Å². The maximum atomic E-state index is 11.1. The summed E-state index contributed by atoms with van der Waals surface area (Å²) in [6.45, 7) is 2.88.